The fourth-order valence-electron chi connectivity index (χ4n) is 3.62. The van der Waals surface area contributed by atoms with Gasteiger partial charge < -0.3 is 15.0 Å². The molecule has 0 atom stereocenters. The zero-order valence-corrected chi connectivity index (χ0v) is 14.2. The van der Waals surface area contributed by atoms with Gasteiger partial charge in [-0.05, 0) is 57.1 Å². The summed E-state index contributed by atoms with van der Waals surface area (Å²) in [6, 6.07) is 3.78. The monoisotopic (exact) mass is 339 g/mol. The van der Waals surface area contributed by atoms with Gasteiger partial charge in [0.25, 0.3) is 11.5 Å². The van der Waals surface area contributed by atoms with Crippen molar-refractivity contribution in [2.24, 2.45) is 0 Å². The highest BCUT2D eigenvalue weighted by atomic mass is 16.3. The van der Waals surface area contributed by atoms with Gasteiger partial charge >= 0.3 is 0 Å². The average molecular weight is 339 g/mol. The number of nitrogens with one attached hydrogen (secondary N) is 1. The van der Waals surface area contributed by atoms with Crippen molar-refractivity contribution in [3.05, 3.63) is 51.1 Å². The number of pyridine rings is 2. The molecule has 6 heteroatoms. The topological polar surface area (TPSA) is 84.2 Å². The first-order valence-electron chi connectivity index (χ1n) is 8.80. The van der Waals surface area contributed by atoms with E-state index in [1.165, 1.54) is 0 Å². The minimum Gasteiger partial charge on any atom is -0.507 e. The summed E-state index contributed by atoms with van der Waals surface area (Å²) < 4.78 is 1.76. The summed E-state index contributed by atoms with van der Waals surface area (Å²) in [7, 11) is 0. The molecule has 0 aliphatic heterocycles. The molecule has 1 saturated carbocycles. The van der Waals surface area contributed by atoms with Gasteiger partial charge in [-0.15, -0.1) is 0 Å². The molecular weight excluding hydrogens is 318 g/mol. The fourth-order valence-corrected chi connectivity index (χ4v) is 3.62. The van der Waals surface area contributed by atoms with Crippen LogP contribution in [0.25, 0.3) is 0 Å². The molecule has 1 fully saturated rings. The van der Waals surface area contributed by atoms with E-state index in [1.54, 1.807) is 16.8 Å². The summed E-state index contributed by atoms with van der Waals surface area (Å²) in [5, 5.41) is 13.3. The molecule has 6 nitrogen and oxygen atoms in total. The molecule has 0 spiro atoms. The van der Waals surface area contributed by atoms with E-state index in [1.807, 2.05) is 13.0 Å². The van der Waals surface area contributed by atoms with Crippen molar-refractivity contribution in [1.82, 2.24) is 9.55 Å². The maximum absolute atomic E-state index is 13.0. The highest BCUT2D eigenvalue weighted by Gasteiger charge is 2.34. The molecule has 2 heterocycles. The molecular formula is C19H21N3O3. The van der Waals surface area contributed by atoms with E-state index in [-0.39, 0.29) is 22.9 Å². The van der Waals surface area contributed by atoms with Crippen molar-refractivity contribution in [2.45, 2.75) is 51.5 Å². The number of hydrogen-bond donors (Lipinski definition) is 2. The number of carbonyl (C=O) groups excluding carboxylic acids is 1. The summed E-state index contributed by atoms with van der Waals surface area (Å²) in [4.78, 5) is 29.9. The van der Waals surface area contributed by atoms with Gasteiger partial charge in [0, 0.05) is 23.5 Å². The van der Waals surface area contributed by atoms with Crippen LogP contribution in [0.2, 0.25) is 0 Å². The van der Waals surface area contributed by atoms with Crippen LogP contribution in [-0.2, 0) is 12.8 Å². The van der Waals surface area contributed by atoms with Crippen molar-refractivity contribution in [2.75, 3.05) is 5.32 Å². The maximum atomic E-state index is 13.0. The zero-order chi connectivity index (χ0) is 17.6. The molecule has 25 heavy (non-hydrogen) atoms. The van der Waals surface area contributed by atoms with Crippen molar-refractivity contribution >= 4 is 11.7 Å². The van der Waals surface area contributed by atoms with E-state index >= 15 is 0 Å². The maximum Gasteiger partial charge on any atom is 0.267 e. The van der Waals surface area contributed by atoms with Gasteiger partial charge in [-0.2, -0.15) is 0 Å². The predicted octanol–water partition coefficient (Wildman–Crippen LogP) is 2.72. The predicted molar refractivity (Wildman–Crippen MR) is 94.2 cm³/mol. The number of aromatic hydroxyl groups is 1. The number of carbonyl (C=O) groups is 1. The SMILES string of the molecule is Cc1cccnc1NC(=O)c1c(O)c2c(n(C3CC3)c1=O)CCCC2. The second-order valence-corrected chi connectivity index (χ2v) is 6.89. The Kier molecular flexibility index (Phi) is 3.82. The quantitative estimate of drug-likeness (QED) is 0.900. The van der Waals surface area contributed by atoms with Crippen LogP contribution < -0.4 is 10.9 Å². The third kappa shape index (κ3) is 2.71. The Morgan fingerprint density at radius 3 is 2.80 bits per heavy atom. The Morgan fingerprint density at radius 2 is 2.08 bits per heavy atom. The number of aryl methyl sites for hydroxylation is 1. The van der Waals surface area contributed by atoms with Crippen LogP contribution in [-0.4, -0.2) is 20.6 Å². The Bertz CT molecular complexity index is 913. The molecule has 0 saturated heterocycles. The third-order valence-corrected chi connectivity index (χ3v) is 5.07. The summed E-state index contributed by atoms with van der Waals surface area (Å²) in [5.74, 6) is -0.336. The van der Waals surface area contributed by atoms with Crippen molar-refractivity contribution < 1.29 is 9.90 Å². The number of aromatic nitrogens is 2. The molecule has 2 N–H and O–H groups in total. The molecule has 0 unspecified atom stereocenters. The number of amides is 1. The van der Waals surface area contributed by atoms with E-state index in [2.05, 4.69) is 10.3 Å². The Morgan fingerprint density at radius 1 is 1.32 bits per heavy atom. The zero-order valence-electron chi connectivity index (χ0n) is 14.2. The highest BCUT2D eigenvalue weighted by Crippen LogP contribution is 2.39. The first-order valence-corrected chi connectivity index (χ1v) is 8.80. The summed E-state index contributed by atoms with van der Waals surface area (Å²) in [5.41, 5.74) is 1.95. The molecule has 2 aliphatic rings. The number of fused-ring (bicyclic) bond motifs is 1. The molecule has 2 aromatic rings. The van der Waals surface area contributed by atoms with Gasteiger partial charge in [-0.25, -0.2) is 4.98 Å². The summed E-state index contributed by atoms with van der Waals surface area (Å²) in [6.07, 6.45) is 6.96. The van der Waals surface area contributed by atoms with E-state index in [9.17, 15) is 14.7 Å². The van der Waals surface area contributed by atoms with Gasteiger partial charge in [0.2, 0.25) is 0 Å². The van der Waals surface area contributed by atoms with Crippen LogP contribution in [0.4, 0.5) is 5.82 Å². The number of anilines is 1. The average Bonchev–Trinajstić information content (AvgIpc) is 3.42. The van der Waals surface area contributed by atoms with E-state index < -0.39 is 5.91 Å². The van der Waals surface area contributed by atoms with Gasteiger partial charge in [-0.1, -0.05) is 6.07 Å². The Hall–Kier alpha value is -2.63. The molecule has 1 amide bonds. The van der Waals surface area contributed by atoms with E-state index in [0.717, 1.165) is 48.9 Å². The molecule has 0 bridgehead atoms. The summed E-state index contributed by atoms with van der Waals surface area (Å²) >= 11 is 0. The molecule has 4 rings (SSSR count). The van der Waals surface area contributed by atoms with E-state index in [4.69, 9.17) is 0 Å². The Balaban J connectivity index is 1.81. The van der Waals surface area contributed by atoms with Crippen LogP contribution in [0.3, 0.4) is 0 Å². The Labute approximate surface area is 145 Å². The number of nitrogens with zero attached hydrogens (tertiary/aromatic N) is 2. The highest BCUT2D eigenvalue weighted by molar-refractivity contribution is 6.06. The standard InChI is InChI=1S/C19H21N3O3/c1-11-5-4-10-20-17(11)21-18(24)15-16(23)13-6-2-3-7-14(13)22(19(15)25)12-8-9-12/h4-5,10,12,23H,2-3,6-9H2,1H3,(H,20,21,24). The van der Waals surface area contributed by atoms with Crippen LogP contribution in [0.1, 0.15) is 58.9 Å². The lowest BCUT2D eigenvalue weighted by atomic mass is 9.93. The minimum absolute atomic E-state index is 0.150. The molecule has 130 valence electrons. The molecule has 2 aromatic heterocycles. The van der Waals surface area contributed by atoms with Gasteiger partial charge in [0.1, 0.15) is 17.1 Å². The van der Waals surface area contributed by atoms with Crippen molar-refractivity contribution in [3.63, 3.8) is 0 Å². The first-order chi connectivity index (χ1) is 12.1. The minimum atomic E-state index is -0.591. The smallest absolute Gasteiger partial charge is 0.267 e. The number of hydrogen-bond acceptors (Lipinski definition) is 4. The molecule has 0 aromatic carbocycles. The summed E-state index contributed by atoms with van der Waals surface area (Å²) in [6.45, 7) is 1.83. The van der Waals surface area contributed by atoms with Crippen LogP contribution in [0.15, 0.2) is 23.1 Å². The fraction of sp³-hybridized carbons (Fsp3) is 0.421. The largest absolute Gasteiger partial charge is 0.507 e. The second kappa shape index (κ2) is 6.02. The molecule has 0 radical (unpaired) electrons. The van der Waals surface area contributed by atoms with E-state index in [0.29, 0.717) is 12.2 Å². The van der Waals surface area contributed by atoms with Gasteiger partial charge in [-0.3, -0.25) is 9.59 Å². The molecule has 2 aliphatic carbocycles. The van der Waals surface area contributed by atoms with Crippen LogP contribution in [0, 0.1) is 6.92 Å². The van der Waals surface area contributed by atoms with Crippen LogP contribution >= 0.6 is 0 Å². The number of rotatable bonds is 3. The van der Waals surface area contributed by atoms with Crippen molar-refractivity contribution in [1.29, 1.82) is 0 Å². The first kappa shape index (κ1) is 15.9. The lowest BCUT2D eigenvalue weighted by Crippen LogP contribution is -2.33. The van der Waals surface area contributed by atoms with Gasteiger partial charge in [0.05, 0.1) is 0 Å². The van der Waals surface area contributed by atoms with Crippen LogP contribution in [0.5, 0.6) is 5.75 Å². The normalized spacial score (nSPS) is 16.4. The van der Waals surface area contributed by atoms with Gasteiger partial charge in [0.15, 0.2) is 0 Å². The lowest BCUT2D eigenvalue weighted by molar-refractivity contribution is 0.102. The van der Waals surface area contributed by atoms with Crippen molar-refractivity contribution in [3.8, 4) is 5.75 Å². The second-order valence-electron chi connectivity index (χ2n) is 6.89. The third-order valence-electron chi connectivity index (χ3n) is 5.07. The lowest BCUT2D eigenvalue weighted by Gasteiger charge is -2.23.